The second kappa shape index (κ2) is 9.17. The summed E-state index contributed by atoms with van der Waals surface area (Å²) in [4.78, 5) is 25.7. The number of nitrogen functional groups attached to an aromatic ring is 1. The van der Waals surface area contributed by atoms with E-state index in [1.807, 2.05) is 0 Å². The van der Waals surface area contributed by atoms with Crippen LogP contribution in [-0.2, 0) is 11.8 Å². The Balaban J connectivity index is 1.16. The first-order chi connectivity index (χ1) is 18.9. The first-order valence-corrected chi connectivity index (χ1v) is 14.7. The first-order valence-electron chi connectivity index (χ1n) is 13.9. The molecule has 4 aliphatic heterocycles. The van der Waals surface area contributed by atoms with Gasteiger partial charge in [-0.1, -0.05) is 0 Å². The van der Waals surface area contributed by atoms with Crippen molar-refractivity contribution in [1.29, 1.82) is 5.26 Å². The van der Waals surface area contributed by atoms with E-state index in [2.05, 4.69) is 25.6 Å². The maximum atomic E-state index is 14.3. The van der Waals surface area contributed by atoms with E-state index in [0.29, 0.717) is 61.7 Å². The molecule has 0 aromatic carbocycles. The molecule has 7 rings (SSSR count). The Morgan fingerprint density at radius 1 is 1.15 bits per heavy atom. The van der Waals surface area contributed by atoms with Crippen LogP contribution in [0.1, 0.15) is 54.5 Å². The molecule has 2 N–H and O–H groups in total. The largest absolute Gasteiger partial charge is 0.461 e. The molecule has 2 aromatic heterocycles. The van der Waals surface area contributed by atoms with Gasteiger partial charge in [-0.25, -0.2) is 11.0 Å². The zero-order chi connectivity index (χ0) is 26.8. The second-order valence-corrected chi connectivity index (χ2v) is 13.0. The monoisotopic (exact) mass is 549 g/mol. The number of alkyl halides is 1. The number of anilines is 3. The normalized spacial score (nSPS) is 29.1. The summed E-state index contributed by atoms with van der Waals surface area (Å²) in [7, 11) is 0. The molecule has 12 heteroatoms. The molecule has 0 amide bonds. The molecule has 4 saturated heterocycles. The molecule has 4 fully saturated rings. The summed E-state index contributed by atoms with van der Waals surface area (Å²) in [6.45, 7) is 12.0. The van der Waals surface area contributed by atoms with Crippen LogP contribution in [0.5, 0.6) is 6.01 Å². The fourth-order valence-electron chi connectivity index (χ4n) is 7.54. The number of hydrogen-bond acceptors (Lipinski definition) is 10. The molecule has 1 unspecified atom stereocenters. The van der Waals surface area contributed by atoms with Crippen molar-refractivity contribution >= 4 is 28.2 Å². The van der Waals surface area contributed by atoms with Crippen molar-refractivity contribution in [2.45, 2.75) is 68.1 Å². The highest BCUT2D eigenvalue weighted by molar-refractivity contribution is 7.16. The summed E-state index contributed by atoms with van der Waals surface area (Å²) in [5.41, 5.74) is 7.52. The van der Waals surface area contributed by atoms with Crippen LogP contribution in [0.2, 0.25) is 0 Å². The predicted octanol–water partition coefficient (Wildman–Crippen LogP) is 2.93. The molecule has 6 heterocycles. The summed E-state index contributed by atoms with van der Waals surface area (Å²) in [5.74, 6) is 1.08. The smallest absolute Gasteiger partial charge is 0.323 e. The minimum atomic E-state index is -0.824. The lowest BCUT2D eigenvalue weighted by atomic mass is 9.74. The number of thiophene rings is 1. The number of aromatic nitrogens is 3. The van der Waals surface area contributed by atoms with Gasteiger partial charge in [0.05, 0.1) is 17.6 Å². The fourth-order valence-corrected chi connectivity index (χ4v) is 8.68. The predicted molar refractivity (Wildman–Crippen MR) is 146 cm³/mol. The number of rotatable bonds is 5. The van der Waals surface area contributed by atoms with E-state index in [1.54, 1.807) is 11.3 Å². The van der Waals surface area contributed by atoms with Crippen molar-refractivity contribution in [2.75, 3.05) is 61.4 Å². The average molecular weight is 550 g/mol. The SMILES string of the molecule is [C-]#[N+]C1CCCN(c2nc(OC[C@@]34CCCN3C[C@H](F)C4)nc(N3CC4(CCc5sc(N)c(C#N)c54)C3)n2)C1. The number of nitrogens with two attached hydrogens (primary N) is 1. The van der Waals surface area contributed by atoms with Crippen LogP contribution in [0.4, 0.5) is 21.3 Å². The molecule has 39 heavy (non-hydrogen) atoms. The standard InChI is InChI=1S/C27H32FN9OS/c1-31-18-4-2-8-35(13-18)23-32-24(34-25(33-23)38-16-27-6-3-9-37(27)12-17(28)10-27)36-14-26(15-36)7-5-20-21(26)19(11-29)22(30)39-20/h17-18H,2-10,12-16,30H2/t17-,18?,27+/m1/s1. The van der Waals surface area contributed by atoms with Crippen LogP contribution in [0.3, 0.4) is 0 Å². The van der Waals surface area contributed by atoms with Gasteiger partial charge in [-0.2, -0.15) is 20.2 Å². The van der Waals surface area contributed by atoms with Crippen LogP contribution in [-0.4, -0.2) is 83.5 Å². The third-order valence-electron chi connectivity index (χ3n) is 9.44. The van der Waals surface area contributed by atoms with E-state index in [-0.39, 0.29) is 23.0 Å². The molecule has 204 valence electrons. The third kappa shape index (κ3) is 3.99. The lowest BCUT2D eigenvalue weighted by Gasteiger charge is -2.48. The van der Waals surface area contributed by atoms with E-state index in [0.717, 1.165) is 57.2 Å². The van der Waals surface area contributed by atoms with E-state index in [9.17, 15) is 9.65 Å². The van der Waals surface area contributed by atoms with Crippen molar-refractivity contribution in [3.05, 3.63) is 27.4 Å². The van der Waals surface area contributed by atoms with Gasteiger partial charge in [0.15, 0.2) is 0 Å². The van der Waals surface area contributed by atoms with E-state index in [1.165, 1.54) is 4.88 Å². The Hall–Kier alpha value is -3.22. The minimum Gasteiger partial charge on any atom is -0.461 e. The van der Waals surface area contributed by atoms with Gasteiger partial charge >= 0.3 is 6.01 Å². The summed E-state index contributed by atoms with van der Waals surface area (Å²) in [5, 5.41) is 10.4. The lowest BCUT2D eigenvalue weighted by molar-refractivity contribution is 0.107. The van der Waals surface area contributed by atoms with Crippen LogP contribution in [0, 0.1) is 17.9 Å². The molecule has 1 aliphatic carbocycles. The molecule has 0 radical (unpaired) electrons. The van der Waals surface area contributed by atoms with Gasteiger partial charge < -0.3 is 25.1 Å². The Labute approximate surface area is 231 Å². The highest BCUT2D eigenvalue weighted by Crippen LogP contribution is 2.52. The quantitative estimate of drug-likeness (QED) is 0.563. The molecule has 0 bridgehead atoms. The van der Waals surface area contributed by atoms with Crippen molar-refractivity contribution in [2.24, 2.45) is 0 Å². The average Bonchev–Trinajstić information content (AvgIpc) is 3.64. The van der Waals surface area contributed by atoms with E-state index < -0.39 is 6.17 Å². The Kier molecular flexibility index (Phi) is 5.83. The number of fused-ring (bicyclic) bond motifs is 3. The summed E-state index contributed by atoms with van der Waals surface area (Å²) >= 11 is 1.54. The van der Waals surface area contributed by atoms with Gasteiger partial charge in [0.2, 0.25) is 17.9 Å². The molecular formula is C27H32FN9OS. The maximum absolute atomic E-state index is 14.3. The second-order valence-electron chi connectivity index (χ2n) is 11.8. The third-order valence-corrected chi connectivity index (χ3v) is 10.5. The molecule has 10 nitrogen and oxygen atoms in total. The highest BCUT2D eigenvalue weighted by Gasteiger charge is 2.52. The molecule has 0 saturated carbocycles. The van der Waals surface area contributed by atoms with Gasteiger partial charge in [-0.3, -0.25) is 4.90 Å². The number of nitrogens with zero attached hydrogens (tertiary/aromatic N) is 8. The number of hydrogen-bond donors (Lipinski definition) is 1. The highest BCUT2D eigenvalue weighted by atomic mass is 32.1. The Morgan fingerprint density at radius 3 is 2.77 bits per heavy atom. The first kappa shape index (κ1) is 24.8. The topological polar surface area (TPSA) is 112 Å². The number of nitriles is 1. The van der Waals surface area contributed by atoms with Gasteiger partial charge in [0.1, 0.15) is 23.8 Å². The zero-order valence-electron chi connectivity index (χ0n) is 21.9. The fraction of sp³-hybridized carbons (Fsp3) is 0.667. The molecule has 1 spiro atoms. The van der Waals surface area contributed by atoms with Crippen molar-refractivity contribution in [1.82, 2.24) is 19.9 Å². The summed E-state index contributed by atoms with van der Waals surface area (Å²) in [6, 6.07) is 2.51. The number of piperidine rings is 1. The Bertz CT molecular complexity index is 1380. The van der Waals surface area contributed by atoms with Crippen LogP contribution in [0.25, 0.3) is 4.85 Å². The van der Waals surface area contributed by atoms with Gasteiger partial charge in [0, 0.05) is 49.3 Å². The van der Waals surface area contributed by atoms with Crippen LogP contribution in [0.15, 0.2) is 0 Å². The molecule has 5 aliphatic rings. The molecular weight excluding hydrogens is 517 g/mol. The Morgan fingerprint density at radius 2 is 1.97 bits per heavy atom. The van der Waals surface area contributed by atoms with Crippen molar-refractivity contribution < 1.29 is 9.13 Å². The summed E-state index contributed by atoms with van der Waals surface area (Å²) < 4.78 is 20.6. The molecule has 2 aromatic rings. The lowest BCUT2D eigenvalue weighted by Crippen LogP contribution is -2.59. The zero-order valence-corrected chi connectivity index (χ0v) is 22.7. The number of halogens is 1. The van der Waals surface area contributed by atoms with Gasteiger partial charge in [0.25, 0.3) is 0 Å². The maximum Gasteiger partial charge on any atom is 0.323 e. The number of aryl methyl sites for hydroxylation is 1. The van der Waals surface area contributed by atoms with Crippen molar-refractivity contribution in [3.8, 4) is 12.1 Å². The number of ether oxygens (including phenoxy) is 1. The van der Waals surface area contributed by atoms with Gasteiger partial charge in [-0.05, 0) is 44.2 Å². The minimum absolute atomic E-state index is 0.0770. The van der Waals surface area contributed by atoms with Gasteiger partial charge in [-0.15, -0.1) is 11.3 Å². The van der Waals surface area contributed by atoms with Crippen LogP contribution >= 0.6 is 11.3 Å². The van der Waals surface area contributed by atoms with E-state index in [4.69, 9.17) is 32.0 Å². The van der Waals surface area contributed by atoms with Crippen molar-refractivity contribution in [3.63, 3.8) is 0 Å². The van der Waals surface area contributed by atoms with Crippen LogP contribution < -0.4 is 20.3 Å². The molecule has 3 atom stereocenters. The van der Waals surface area contributed by atoms with E-state index >= 15 is 0 Å². The summed E-state index contributed by atoms with van der Waals surface area (Å²) in [6.07, 6.45) is 5.34.